The van der Waals surface area contributed by atoms with Crippen molar-refractivity contribution < 1.29 is 18.3 Å². The van der Waals surface area contributed by atoms with Crippen LogP contribution in [-0.2, 0) is 6.54 Å². The molecule has 2 rings (SSSR count). The molecule has 1 heterocycles. The van der Waals surface area contributed by atoms with E-state index in [1.165, 1.54) is 26.4 Å². The number of halogens is 3. The third kappa shape index (κ3) is 5.79. The van der Waals surface area contributed by atoms with Crippen molar-refractivity contribution in [1.29, 1.82) is 0 Å². The van der Waals surface area contributed by atoms with Gasteiger partial charge in [0, 0.05) is 12.6 Å². The summed E-state index contributed by atoms with van der Waals surface area (Å²) in [5.41, 5.74) is 6.72. The Kier molecular flexibility index (Phi) is 8.58. The molecule has 23 heavy (non-hydrogen) atoms. The number of piperidine rings is 1. The van der Waals surface area contributed by atoms with Crippen LogP contribution in [0, 0.1) is 0 Å². The number of nitrogens with zero attached hydrogens (tertiary/aromatic N) is 1. The first-order valence-corrected chi connectivity index (χ1v) is 7.70. The highest BCUT2D eigenvalue weighted by molar-refractivity contribution is 5.85. The lowest BCUT2D eigenvalue weighted by molar-refractivity contribution is -0.0512. The Morgan fingerprint density at radius 3 is 2.74 bits per heavy atom. The number of hydrogen-bond donors (Lipinski definition) is 1. The van der Waals surface area contributed by atoms with Gasteiger partial charge in [0.25, 0.3) is 0 Å². The molecule has 1 fully saturated rings. The quantitative estimate of drug-likeness (QED) is 0.818. The average Bonchev–Trinajstić information content (AvgIpc) is 2.50. The van der Waals surface area contributed by atoms with Gasteiger partial charge in [0.1, 0.15) is 0 Å². The van der Waals surface area contributed by atoms with Crippen LogP contribution in [0.4, 0.5) is 8.78 Å². The smallest absolute Gasteiger partial charge is 0.387 e. The van der Waals surface area contributed by atoms with E-state index in [0.717, 1.165) is 25.1 Å². The fourth-order valence-corrected chi connectivity index (χ4v) is 3.03. The lowest BCUT2D eigenvalue weighted by atomic mass is 9.98. The Labute approximate surface area is 142 Å². The molecule has 0 aromatic heterocycles. The van der Waals surface area contributed by atoms with Crippen molar-refractivity contribution in [1.82, 2.24) is 4.90 Å². The minimum atomic E-state index is -2.85. The third-order valence-corrected chi connectivity index (χ3v) is 4.08. The SMILES string of the molecule is COc1cc(CN2CCCCC2CCN)ccc1OC(F)F.Cl. The Balaban J connectivity index is 0.00000264. The van der Waals surface area contributed by atoms with Gasteiger partial charge in [0.05, 0.1) is 7.11 Å². The molecule has 132 valence electrons. The summed E-state index contributed by atoms with van der Waals surface area (Å²) in [6.45, 7) is -0.347. The van der Waals surface area contributed by atoms with Crippen LogP contribution < -0.4 is 15.2 Å². The molecule has 1 aromatic rings. The zero-order chi connectivity index (χ0) is 15.9. The Hall–Kier alpha value is -1.11. The van der Waals surface area contributed by atoms with Gasteiger partial charge in [-0.25, -0.2) is 0 Å². The van der Waals surface area contributed by atoms with E-state index in [-0.39, 0.29) is 18.2 Å². The van der Waals surface area contributed by atoms with Crippen LogP contribution >= 0.6 is 12.4 Å². The largest absolute Gasteiger partial charge is 0.493 e. The molecule has 2 N–H and O–H groups in total. The van der Waals surface area contributed by atoms with E-state index in [1.807, 2.05) is 6.07 Å². The third-order valence-electron chi connectivity index (χ3n) is 4.08. The van der Waals surface area contributed by atoms with Gasteiger partial charge in [-0.2, -0.15) is 8.78 Å². The molecule has 1 unspecified atom stereocenters. The highest BCUT2D eigenvalue weighted by atomic mass is 35.5. The Bertz CT molecular complexity index is 475. The monoisotopic (exact) mass is 350 g/mol. The van der Waals surface area contributed by atoms with Crippen molar-refractivity contribution in [2.45, 2.75) is 44.9 Å². The van der Waals surface area contributed by atoms with Crippen molar-refractivity contribution in [2.75, 3.05) is 20.2 Å². The second-order valence-electron chi connectivity index (χ2n) is 5.56. The second-order valence-corrected chi connectivity index (χ2v) is 5.56. The van der Waals surface area contributed by atoms with Crippen molar-refractivity contribution in [3.05, 3.63) is 23.8 Å². The standard InChI is InChI=1S/C16H24F2N2O2.ClH/c1-21-15-10-12(5-6-14(15)22-16(17)18)11-20-9-3-2-4-13(20)7-8-19;/h5-6,10,13,16H,2-4,7-9,11,19H2,1H3;1H. The number of benzene rings is 1. The van der Waals surface area contributed by atoms with Crippen LogP contribution in [0.1, 0.15) is 31.2 Å². The van der Waals surface area contributed by atoms with Gasteiger partial charge in [-0.15, -0.1) is 12.4 Å². The molecule has 0 saturated carbocycles. The Morgan fingerprint density at radius 2 is 2.09 bits per heavy atom. The number of rotatable bonds is 7. The molecule has 1 atom stereocenters. The van der Waals surface area contributed by atoms with E-state index in [2.05, 4.69) is 9.64 Å². The number of alkyl halides is 2. The lowest BCUT2D eigenvalue weighted by Gasteiger charge is -2.35. The van der Waals surface area contributed by atoms with E-state index >= 15 is 0 Å². The molecule has 7 heteroatoms. The summed E-state index contributed by atoms with van der Waals surface area (Å²) < 4.78 is 34.3. The van der Waals surface area contributed by atoms with Crippen molar-refractivity contribution >= 4 is 12.4 Å². The number of hydrogen-bond acceptors (Lipinski definition) is 4. The van der Waals surface area contributed by atoms with E-state index in [1.54, 1.807) is 12.1 Å². The minimum Gasteiger partial charge on any atom is -0.493 e. The van der Waals surface area contributed by atoms with Crippen molar-refractivity contribution in [2.24, 2.45) is 5.73 Å². The van der Waals surface area contributed by atoms with Gasteiger partial charge in [0.15, 0.2) is 11.5 Å². The van der Waals surface area contributed by atoms with Gasteiger partial charge in [-0.3, -0.25) is 4.90 Å². The summed E-state index contributed by atoms with van der Waals surface area (Å²) in [4.78, 5) is 2.42. The summed E-state index contributed by atoms with van der Waals surface area (Å²) in [6.07, 6.45) is 4.58. The lowest BCUT2D eigenvalue weighted by Crippen LogP contribution is -2.40. The first kappa shape index (κ1) is 19.9. The summed E-state index contributed by atoms with van der Waals surface area (Å²) in [5, 5.41) is 0. The van der Waals surface area contributed by atoms with E-state index < -0.39 is 6.61 Å². The van der Waals surface area contributed by atoms with Crippen LogP contribution in [0.3, 0.4) is 0 Å². The predicted molar refractivity (Wildman–Crippen MR) is 88.6 cm³/mol. The van der Waals surface area contributed by atoms with Crippen molar-refractivity contribution in [3.8, 4) is 11.5 Å². The highest BCUT2D eigenvalue weighted by Gasteiger charge is 2.22. The molecule has 0 radical (unpaired) electrons. The summed E-state index contributed by atoms with van der Waals surface area (Å²) >= 11 is 0. The fraction of sp³-hybridized carbons (Fsp3) is 0.625. The second kappa shape index (κ2) is 9.90. The minimum absolute atomic E-state index is 0. The van der Waals surface area contributed by atoms with Crippen LogP contribution in [-0.4, -0.2) is 37.8 Å². The zero-order valence-corrected chi connectivity index (χ0v) is 14.2. The summed E-state index contributed by atoms with van der Waals surface area (Å²) in [6, 6.07) is 5.63. The summed E-state index contributed by atoms with van der Waals surface area (Å²) in [7, 11) is 1.45. The molecule has 0 amide bonds. The predicted octanol–water partition coefficient (Wildman–Crippen LogP) is 3.42. The molecular weight excluding hydrogens is 326 g/mol. The van der Waals surface area contributed by atoms with E-state index in [4.69, 9.17) is 10.5 Å². The molecule has 1 aliphatic rings. The van der Waals surface area contributed by atoms with Crippen LogP contribution in [0.15, 0.2) is 18.2 Å². The molecule has 1 aromatic carbocycles. The Morgan fingerprint density at radius 1 is 1.30 bits per heavy atom. The van der Waals surface area contributed by atoms with E-state index in [0.29, 0.717) is 18.3 Å². The maximum Gasteiger partial charge on any atom is 0.387 e. The van der Waals surface area contributed by atoms with Gasteiger partial charge in [-0.05, 0) is 50.0 Å². The number of nitrogens with two attached hydrogens (primary N) is 1. The van der Waals surface area contributed by atoms with Crippen LogP contribution in [0.5, 0.6) is 11.5 Å². The first-order valence-electron chi connectivity index (χ1n) is 7.70. The first-order chi connectivity index (χ1) is 10.6. The van der Waals surface area contributed by atoms with Gasteiger partial charge in [-0.1, -0.05) is 12.5 Å². The number of methoxy groups -OCH3 is 1. The fourth-order valence-electron chi connectivity index (χ4n) is 3.03. The van der Waals surface area contributed by atoms with Crippen LogP contribution in [0.2, 0.25) is 0 Å². The van der Waals surface area contributed by atoms with E-state index in [9.17, 15) is 8.78 Å². The molecule has 0 aliphatic carbocycles. The zero-order valence-electron chi connectivity index (χ0n) is 13.3. The van der Waals surface area contributed by atoms with Gasteiger partial charge < -0.3 is 15.2 Å². The molecule has 4 nitrogen and oxygen atoms in total. The molecular formula is C16H25ClF2N2O2. The van der Waals surface area contributed by atoms with Crippen molar-refractivity contribution in [3.63, 3.8) is 0 Å². The molecule has 1 aliphatic heterocycles. The number of likely N-dealkylation sites (tertiary alicyclic amines) is 1. The molecule has 1 saturated heterocycles. The van der Waals surface area contributed by atoms with Gasteiger partial charge in [0.2, 0.25) is 0 Å². The topological polar surface area (TPSA) is 47.7 Å². The molecule has 0 bridgehead atoms. The maximum atomic E-state index is 12.3. The van der Waals surface area contributed by atoms with Crippen LogP contribution in [0.25, 0.3) is 0 Å². The average molecular weight is 351 g/mol. The molecule has 0 spiro atoms. The maximum absolute atomic E-state index is 12.3. The highest BCUT2D eigenvalue weighted by Crippen LogP contribution is 2.31. The normalized spacial score (nSPS) is 18.6. The van der Waals surface area contributed by atoms with Gasteiger partial charge >= 0.3 is 6.61 Å². The summed E-state index contributed by atoms with van der Waals surface area (Å²) in [5.74, 6) is 0.406. The number of ether oxygens (including phenoxy) is 2.